The molecule has 3 aliphatic rings. The van der Waals surface area contributed by atoms with Crippen LogP contribution < -0.4 is 20.1 Å². The third kappa shape index (κ3) is 4.28. The van der Waals surface area contributed by atoms with E-state index in [1.165, 1.54) is 0 Å². The molecule has 2 atom stereocenters. The van der Waals surface area contributed by atoms with Crippen LogP contribution in [0.15, 0.2) is 48.5 Å². The van der Waals surface area contributed by atoms with Crippen molar-refractivity contribution in [2.75, 3.05) is 12.1 Å². The van der Waals surface area contributed by atoms with Crippen LogP contribution in [0.2, 0.25) is 0 Å². The van der Waals surface area contributed by atoms with Gasteiger partial charge in [0.25, 0.3) is 0 Å². The molecule has 0 spiro atoms. The molecule has 2 fully saturated rings. The first-order chi connectivity index (χ1) is 16.7. The van der Waals surface area contributed by atoms with Crippen LogP contribution in [-0.2, 0) is 13.1 Å². The number of piperidine rings is 1. The van der Waals surface area contributed by atoms with E-state index in [0.717, 1.165) is 54.3 Å². The highest BCUT2D eigenvalue weighted by Crippen LogP contribution is 2.37. The number of benzene rings is 2. The van der Waals surface area contributed by atoms with Gasteiger partial charge < -0.3 is 20.1 Å². The van der Waals surface area contributed by atoms with Gasteiger partial charge in [-0.3, -0.25) is 4.90 Å². The molecule has 10 heteroatoms. The Morgan fingerprint density at radius 3 is 2.62 bits per heavy atom. The van der Waals surface area contributed by atoms with Crippen LogP contribution in [0.4, 0.5) is 10.5 Å². The number of ether oxygens (including phenoxy) is 2. The number of hydrogen-bond donors (Lipinski definition) is 2. The molecule has 2 aromatic carbocycles. The van der Waals surface area contributed by atoms with Gasteiger partial charge in [-0.15, -0.1) is 5.10 Å². The molecule has 2 N–H and O–H groups in total. The molecule has 2 bridgehead atoms. The van der Waals surface area contributed by atoms with Crippen LogP contribution in [0.1, 0.15) is 37.1 Å². The normalized spacial score (nSPS) is 23.1. The fraction of sp³-hybridized carbons (Fsp3) is 0.417. The maximum Gasteiger partial charge on any atom is 0.319 e. The minimum atomic E-state index is -0.142. The van der Waals surface area contributed by atoms with E-state index in [1.807, 2.05) is 53.2 Å². The lowest BCUT2D eigenvalue weighted by Crippen LogP contribution is -2.51. The number of amides is 2. The van der Waals surface area contributed by atoms with Gasteiger partial charge in [0.05, 0.1) is 13.1 Å². The van der Waals surface area contributed by atoms with Gasteiger partial charge in [-0.1, -0.05) is 24.3 Å². The first-order valence-electron chi connectivity index (χ1n) is 11.7. The highest BCUT2D eigenvalue weighted by molar-refractivity contribution is 5.89. The Bertz CT molecular complexity index is 1150. The molecular weight excluding hydrogens is 434 g/mol. The van der Waals surface area contributed by atoms with E-state index < -0.39 is 0 Å². The molecule has 3 aromatic rings. The fourth-order valence-electron chi connectivity index (χ4n) is 5.36. The number of urea groups is 1. The Balaban J connectivity index is 1.07. The number of rotatable bonds is 6. The minimum absolute atomic E-state index is 0.142. The zero-order chi connectivity index (χ0) is 22.9. The number of nitrogens with zero attached hydrogens (tertiary/aromatic N) is 5. The van der Waals surface area contributed by atoms with E-state index in [2.05, 4.69) is 31.1 Å². The predicted molar refractivity (Wildman–Crippen MR) is 123 cm³/mol. The number of para-hydroxylation sites is 1. The van der Waals surface area contributed by atoms with Gasteiger partial charge in [-0.05, 0) is 65.9 Å². The third-order valence-electron chi connectivity index (χ3n) is 6.95. The lowest BCUT2D eigenvalue weighted by Gasteiger charge is -2.38. The maximum absolute atomic E-state index is 12.5. The second-order valence-electron chi connectivity index (χ2n) is 9.13. The average Bonchev–Trinajstić information content (AvgIpc) is 3.53. The summed E-state index contributed by atoms with van der Waals surface area (Å²) in [5.74, 6) is 2.38. The van der Waals surface area contributed by atoms with Crippen molar-refractivity contribution < 1.29 is 14.3 Å². The minimum Gasteiger partial charge on any atom is -0.454 e. The van der Waals surface area contributed by atoms with Crippen LogP contribution in [-0.4, -0.2) is 56.1 Å². The fourth-order valence-corrected chi connectivity index (χ4v) is 5.36. The molecule has 6 rings (SSSR count). The molecule has 2 saturated heterocycles. The van der Waals surface area contributed by atoms with Crippen LogP contribution in [0, 0.1) is 0 Å². The van der Waals surface area contributed by atoms with Gasteiger partial charge in [0.1, 0.15) is 0 Å². The molecule has 0 aliphatic carbocycles. The highest BCUT2D eigenvalue weighted by atomic mass is 16.7. The SMILES string of the molecule is O=C(Nc1ccccc1)NC1C[C@H]2CC[C@H](C1)N2Cc1nnnn1Cc1ccc2c(c1)OCO2. The van der Waals surface area contributed by atoms with Crippen LogP contribution in [0.25, 0.3) is 0 Å². The Labute approximate surface area is 197 Å². The van der Waals surface area contributed by atoms with E-state index in [1.54, 1.807) is 0 Å². The predicted octanol–water partition coefficient (Wildman–Crippen LogP) is 2.77. The van der Waals surface area contributed by atoms with Gasteiger partial charge in [0.15, 0.2) is 17.3 Å². The molecule has 176 valence electrons. The number of tetrazole rings is 1. The molecule has 34 heavy (non-hydrogen) atoms. The smallest absolute Gasteiger partial charge is 0.319 e. The first kappa shape index (κ1) is 20.9. The molecule has 1 aromatic heterocycles. The Morgan fingerprint density at radius 1 is 1.00 bits per heavy atom. The van der Waals surface area contributed by atoms with E-state index >= 15 is 0 Å². The van der Waals surface area contributed by atoms with Gasteiger partial charge in [-0.2, -0.15) is 0 Å². The number of carbonyl (C=O) groups excluding carboxylic acids is 1. The van der Waals surface area contributed by atoms with E-state index in [-0.39, 0.29) is 18.9 Å². The molecule has 3 aliphatic heterocycles. The van der Waals surface area contributed by atoms with E-state index in [0.29, 0.717) is 25.2 Å². The van der Waals surface area contributed by atoms with Crippen molar-refractivity contribution in [3.8, 4) is 11.5 Å². The van der Waals surface area contributed by atoms with Crippen molar-refractivity contribution in [1.29, 1.82) is 0 Å². The van der Waals surface area contributed by atoms with Crippen molar-refractivity contribution in [2.24, 2.45) is 0 Å². The number of carbonyl (C=O) groups is 1. The summed E-state index contributed by atoms with van der Waals surface area (Å²) in [5, 5.41) is 18.6. The van der Waals surface area contributed by atoms with Gasteiger partial charge >= 0.3 is 6.03 Å². The summed E-state index contributed by atoms with van der Waals surface area (Å²) in [6, 6.07) is 16.3. The first-order valence-corrected chi connectivity index (χ1v) is 11.7. The van der Waals surface area contributed by atoms with Gasteiger partial charge in [-0.25, -0.2) is 9.48 Å². The molecular formula is C24H27N7O3. The molecule has 2 amide bonds. The zero-order valence-corrected chi connectivity index (χ0v) is 18.8. The van der Waals surface area contributed by atoms with E-state index in [9.17, 15) is 4.79 Å². The lowest BCUT2D eigenvalue weighted by atomic mass is 9.97. The van der Waals surface area contributed by atoms with Crippen molar-refractivity contribution in [2.45, 2.75) is 56.9 Å². The summed E-state index contributed by atoms with van der Waals surface area (Å²) in [4.78, 5) is 15.0. The topological polar surface area (TPSA) is 106 Å². The molecule has 4 heterocycles. The van der Waals surface area contributed by atoms with Crippen molar-refractivity contribution in [1.82, 2.24) is 30.4 Å². The number of fused-ring (bicyclic) bond motifs is 3. The number of hydrogen-bond acceptors (Lipinski definition) is 7. The summed E-state index contributed by atoms with van der Waals surface area (Å²) in [6.07, 6.45) is 4.13. The molecule has 0 radical (unpaired) electrons. The van der Waals surface area contributed by atoms with Crippen molar-refractivity contribution in [3.05, 3.63) is 59.9 Å². The lowest BCUT2D eigenvalue weighted by molar-refractivity contribution is 0.107. The second-order valence-corrected chi connectivity index (χ2v) is 9.13. The van der Waals surface area contributed by atoms with Gasteiger partial charge in [0.2, 0.25) is 6.79 Å². The largest absolute Gasteiger partial charge is 0.454 e. The van der Waals surface area contributed by atoms with E-state index in [4.69, 9.17) is 9.47 Å². The highest BCUT2D eigenvalue weighted by Gasteiger charge is 2.41. The third-order valence-corrected chi connectivity index (χ3v) is 6.95. The van der Waals surface area contributed by atoms with Crippen molar-refractivity contribution in [3.63, 3.8) is 0 Å². The summed E-state index contributed by atoms with van der Waals surface area (Å²) >= 11 is 0. The number of aromatic nitrogens is 4. The summed E-state index contributed by atoms with van der Waals surface area (Å²) in [6.45, 7) is 1.54. The second kappa shape index (κ2) is 8.94. The maximum atomic E-state index is 12.5. The summed E-state index contributed by atoms with van der Waals surface area (Å²) < 4.78 is 12.7. The molecule has 0 unspecified atom stereocenters. The van der Waals surface area contributed by atoms with Crippen LogP contribution in [0.3, 0.4) is 0 Å². The average molecular weight is 462 g/mol. The Hall–Kier alpha value is -3.66. The summed E-state index contributed by atoms with van der Waals surface area (Å²) in [7, 11) is 0. The summed E-state index contributed by atoms with van der Waals surface area (Å²) in [5.41, 5.74) is 1.86. The number of nitrogens with one attached hydrogen (secondary N) is 2. The monoisotopic (exact) mass is 461 g/mol. The van der Waals surface area contributed by atoms with Crippen LogP contribution >= 0.6 is 0 Å². The molecule has 0 saturated carbocycles. The Kier molecular flexibility index (Phi) is 5.50. The standard InChI is InChI=1S/C24H27N7O3/c32-24(25-17-4-2-1-3-5-17)26-18-11-19-7-8-20(12-18)30(19)14-23-27-28-29-31(23)13-16-6-9-21-22(10-16)34-15-33-21/h1-6,9-10,18-20H,7-8,11-15H2,(H2,25,26,32)/t19-,20-/m1/s1. The number of anilines is 1. The Morgan fingerprint density at radius 2 is 1.79 bits per heavy atom. The molecule has 10 nitrogen and oxygen atoms in total. The zero-order valence-electron chi connectivity index (χ0n) is 18.8. The van der Waals surface area contributed by atoms with Crippen LogP contribution in [0.5, 0.6) is 11.5 Å². The van der Waals surface area contributed by atoms with Gasteiger partial charge in [0, 0.05) is 23.8 Å². The quantitative estimate of drug-likeness (QED) is 0.581. The van der Waals surface area contributed by atoms with Crippen molar-refractivity contribution >= 4 is 11.7 Å².